The predicted molar refractivity (Wildman–Crippen MR) is 184 cm³/mol. The van der Waals surface area contributed by atoms with Crippen molar-refractivity contribution in [3.05, 3.63) is 95.0 Å². The number of aryl methyl sites for hydroxylation is 1. The Bertz CT molecular complexity index is 1710. The Hall–Kier alpha value is -3.14. The second-order valence-corrected chi connectivity index (χ2v) is 15.4. The number of aromatic nitrogens is 2. The molecule has 2 aromatic heterocycles. The number of allylic oxidation sites excluding steroid dienone is 2. The number of rotatable bonds is 3. The molecular formula is C40H49IrN2O2-. The number of hydrogen-bond donors (Lipinski definition) is 1. The van der Waals surface area contributed by atoms with E-state index in [4.69, 9.17) is 9.97 Å². The summed E-state index contributed by atoms with van der Waals surface area (Å²) < 4.78 is 0. The van der Waals surface area contributed by atoms with Gasteiger partial charge in [0.15, 0.2) is 5.78 Å². The standard InChI is InChI=1S/C29H29N2.C11H20O2.Ir/c1-18(2)22-15-20-10-11-24-25(27(20)31-17-22)12-13-30-28(24)21-14-19-8-6-7-9-23(19)26(16-21)29(3,4)5;1-10(2,3)8(12)7-9(13)11(4,5)6;/h6-9,12-13,15-18H,10-11H2,1-5H3;7,12H,1-6H3;/q-1;;/b;8-7-;. The number of fused-ring (bicyclic) bond motifs is 4. The molecule has 4 aromatic rings. The zero-order valence-electron chi connectivity index (χ0n) is 28.8. The summed E-state index contributed by atoms with van der Waals surface area (Å²) >= 11 is 0. The third-order valence-corrected chi connectivity index (χ3v) is 8.22. The van der Waals surface area contributed by atoms with Gasteiger partial charge >= 0.3 is 0 Å². The number of hydrogen-bond acceptors (Lipinski definition) is 4. The minimum absolute atomic E-state index is 0. The molecule has 0 saturated carbocycles. The second-order valence-electron chi connectivity index (χ2n) is 15.4. The van der Waals surface area contributed by atoms with Crippen molar-refractivity contribution >= 4 is 16.6 Å². The molecule has 1 aliphatic carbocycles. The Morgan fingerprint density at radius 1 is 0.889 bits per heavy atom. The zero-order valence-corrected chi connectivity index (χ0v) is 31.2. The molecule has 2 aromatic carbocycles. The number of pyridine rings is 2. The Kier molecular flexibility index (Phi) is 11.1. The van der Waals surface area contributed by atoms with Crippen LogP contribution in [0.15, 0.2) is 66.7 Å². The number of aliphatic hydroxyl groups is 1. The maximum absolute atomic E-state index is 11.5. The van der Waals surface area contributed by atoms with E-state index in [2.05, 4.69) is 83.1 Å². The number of benzene rings is 2. The van der Waals surface area contributed by atoms with Gasteiger partial charge in [-0.05, 0) is 52.5 Å². The summed E-state index contributed by atoms with van der Waals surface area (Å²) in [6, 6.07) is 19.0. The molecule has 241 valence electrons. The van der Waals surface area contributed by atoms with E-state index in [1.807, 2.05) is 53.9 Å². The molecule has 0 amide bonds. The molecule has 0 saturated heterocycles. The first-order valence-electron chi connectivity index (χ1n) is 15.8. The molecule has 2 heterocycles. The van der Waals surface area contributed by atoms with Gasteiger partial charge in [-0.15, -0.1) is 29.1 Å². The minimum Gasteiger partial charge on any atom is -0.512 e. The van der Waals surface area contributed by atoms with Crippen molar-refractivity contribution < 1.29 is 30.0 Å². The average Bonchev–Trinajstić information content (AvgIpc) is 2.94. The maximum Gasteiger partial charge on any atom is 0.164 e. The van der Waals surface area contributed by atoms with E-state index >= 15 is 0 Å². The van der Waals surface area contributed by atoms with Gasteiger partial charge in [0.25, 0.3) is 0 Å². The SMILES string of the molecule is CC(C)(C)C(=O)/C=C(\O)C(C)(C)C.CC(C)c1cnc2c(c1)CCc1c-2ccnc1-c1[c-]c2ccccc2c(C(C)(C)C)c1.[Ir]. The first kappa shape index (κ1) is 36.3. The topological polar surface area (TPSA) is 63.1 Å². The van der Waals surface area contributed by atoms with Gasteiger partial charge in [-0.1, -0.05) is 111 Å². The van der Waals surface area contributed by atoms with Crippen LogP contribution in [0.5, 0.6) is 0 Å². The van der Waals surface area contributed by atoms with Gasteiger partial charge in [0.2, 0.25) is 0 Å². The fraction of sp³-hybridized carbons (Fsp3) is 0.425. The van der Waals surface area contributed by atoms with E-state index in [0.29, 0.717) is 5.92 Å². The van der Waals surface area contributed by atoms with Gasteiger partial charge < -0.3 is 5.11 Å². The molecule has 0 atom stereocenters. The molecule has 0 spiro atoms. The van der Waals surface area contributed by atoms with Crippen molar-refractivity contribution in [2.75, 3.05) is 0 Å². The molecule has 1 N–H and O–H groups in total. The van der Waals surface area contributed by atoms with E-state index in [-0.39, 0.29) is 42.5 Å². The van der Waals surface area contributed by atoms with Crippen LogP contribution in [-0.4, -0.2) is 20.9 Å². The molecule has 1 radical (unpaired) electrons. The largest absolute Gasteiger partial charge is 0.512 e. The van der Waals surface area contributed by atoms with Crippen LogP contribution in [0.4, 0.5) is 0 Å². The van der Waals surface area contributed by atoms with Crippen molar-refractivity contribution in [3.8, 4) is 22.5 Å². The van der Waals surface area contributed by atoms with Gasteiger partial charge in [0.05, 0.1) is 5.69 Å². The Balaban J connectivity index is 0.000000338. The smallest absolute Gasteiger partial charge is 0.164 e. The third-order valence-electron chi connectivity index (χ3n) is 8.22. The molecule has 1 aliphatic rings. The summed E-state index contributed by atoms with van der Waals surface area (Å²) in [4.78, 5) is 21.2. The first-order valence-corrected chi connectivity index (χ1v) is 15.8. The Morgan fingerprint density at radius 2 is 1.56 bits per heavy atom. The third kappa shape index (κ3) is 8.37. The van der Waals surface area contributed by atoms with Gasteiger partial charge in [-0.3, -0.25) is 14.8 Å². The number of aliphatic hydroxyl groups excluding tert-OH is 1. The quantitative estimate of drug-likeness (QED) is 0.128. The van der Waals surface area contributed by atoms with Gasteiger partial charge in [0, 0.05) is 55.1 Å². The zero-order chi connectivity index (χ0) is 32.6. The van der Waals surface area contributed by atoms with Gasteiger partial charge in [-0.25, -0.2) is 0 Å². The fourth-order valence-electron chi connectivity index (χ4n) is 5.27. The van der Waals surface area contributed by atoms with E-state index in [1.54, 1.807) is 0 Å². The summed E-state index contributed by atoms with van der Waals surface area (Å²) in [7, 11) is 0. The van der Waals surface area contributed by atoms with Crippen molar-refractivity contribution in [2.24, 2.45) is 10.8 Å². The van der Waals surface area contributed by atoms with Crippen molar-refractivity contribution in [2.45, 2.75) is 100 Å². The Labute approximate surface area is 284 Å². The Morgan fingerprint density at radius 3 is 2.16 bits per heavy atom. The van der Waals surface area contributed by atoms with E-state index in [1.165, 1.54) is 39.3 Å². The van der Waals surface area contributed by atoms with Crippen LogP contribution < -0.4 is 0 Å². The number of carbonyl (C=O) groups is 1. The first-order chi connectivity index (χ1) is 20.4. The molecule has 0 fully saturated rings. The summed E-state index contributed by atoms with van der Waals surface area (Å²) in [5.41, 5.74) is 9.06. The van der Waals surface area contributed by atoms with Crippen molar-refractivity contribution in [1.29, 1.82) is 0 Å². The molecule has 0 bridgehead atoms. The van der Waals surface area contributed by atoms with Crippen LogP contribution in [0.2, 0.25) is 0 Å². The van der Waals surface area contributed by atoms with Crippen LogP contribution in [0.1, 0.15) is 104 Å². The number of carbonyl (C=O) groups excluding carboxylic acids is 1. The normalized spacial score (nSPS) is 13.4. The molecule has 45 heavy (non-hydrogen) atoms. The molecule has 5 rings (SSSR count). The van der Waals surface area contributed by atoms with Crippen LogP contribution >= 0.6 is 0 Å². The number of ketones is 1. The minimum atomic E-state index is -0.417. The summed E-state index contributed by atoms with van der Waals surface area (Å²) in [5.74, 6) is 0.600. The monoisotopic (exact) mass is 782 g/mol. The second kappa shape index (κ2) is 13.7. The van der Waals surface area contributed by atoms with Crippen LogP contribution in [-0.2, 0) is 43.2 Å². The maximum atomic E-state index is 11.5. The number of nitrogens with zero attached hydrogens (tertiary/aromatic N) is 2. The molecule has 4 nitrogen and oxygen atoms in total. The van der Waals surface area contributed by atoms with Crippen molar-refractivity contribution in [3.63, 3.8) is 0 Å². The predicted octanol–water partition coefficient (Wildman–Crippen LogP) is 10.4. The summed E-state index contributed by atoms with van der Waals surface area (Å²) in [6.07, 6.45) is 7.30. The van der Waals surface area contributed by atoms with E-state index in [0.717, 1.165) is 35.2 Å². The van der Waals surface area contributed by atoms with Crippen molar-refractivity contribution in [1.82, 2.24) is 9.97 Å². The van der Waals surface area contributed by atoms with E-state index < -0.39 is 5.41 Å². The molecular weight excluding hydrogens is 733 g/mol. The van der Waals surface area contributed by atoms with Gasteiger partial charge in [-0.2, -0.15) is 0 Å². The summed E-state index contributed by atoms with van der Waals surface area (Å²) in [5, 5.41) is 12.0. The average molecular weight is 782 g/mol. The molecule has 0 unspecified atom stereocenters. The van der Waals surface area contributed by atoms with Crippen LogP contribution in [0.3, 0.4) is 0 Å². The summed E-state index contributed by atoms with van der Waals surface area (Å²) in [6.45, 7) is 22.4. The van der Waals surface area contributed by atoms with Crippen LogP contribution in [0.25, 0.3) is 33.3 Å². The van der Waals surface area contributed by atoms with Gasteiger partial charge in [0.1, 0.15) is 5.76 Å². The van der Waals surface area contributed by atoms with Crippen LogP contribution in [0, 0.1) is 16.9 Å². The fourth-order valence-corrected chi connectivity index (χ4v) is 5.27. The van der Waals surface area contributed by atoms with E-state index in [9.17, 15) is 9.90 Å². The molecule has 0 aliphatic heterocycles. The molecule has 5 heteroatoms.